The highest BCUT2D eigenvalue weighted by atomic mass is 32.1. The minimum absolute atomic E-state index is 0.171. The summed E-state index contributed by atoms with van der Waals surface area (Å²) in [5.41, 5.74) is 4.80. The van der Waals surface area contributed by atoms with Crippen LogP contribution in [0.4, 0.5) is 5.82 Å². The van der Waals surface area contributed by atoms with Crippen LogP contribution in [0.1, 0.15) is 37.7 Å². The maximum absolute atomic E-state index is 9.31. The quantitative estimate of drug-likeness (QED) is 0.656. The molecule has 0 aliphatic carbocycles. The van der Waals surface area contributed by atoms with Gasteiger partial charge in [0, 0.05) is 24.2 Å². The predicted octanol–water partition coefficient (Wildman–Crippen LogP) is 3.21. The summed E-state index contributed by atoms with van der Waals surface area (Å²) < 4.78 is 2.13. The second-order valence-electron chi connectivity index (χ2n) is 5.92. The molecule has 6 nitrogen and oxygen atoms in total. The van der Waals surface area contributed by atoms with Gasteiger partial charge in [-0.05, 0) is 25.8 Å². The number of aliphatic hydroxyl groups is 1. The molecular weight excluding hydrogens is 322 g/mol. The normalized spacial score (nSPS) is 12.6. The van der Waals surface area contributed by atoms with Gasteiger partial charge in [0.1, 0.15) is 11.3 Å². The third-order valence-electron chi connectivity index (χ3n) is 3.99. The molecule has 2 N–H and O–H groups in total. The molecule has 0 aromatic carbocycles. The highest BCUT2D eigenvalue weighted by Crippen LogP contribution is 2.24. The molecule has 3 aromatic heterocycles. The smallest absolute Gasteiger partial charge is 0.154 e. The average Bonchev–Trinajstić information content (AvgIpc) is 3.18. The summed E-state index contributed by atoms with van der Waals surface area (Å²) in [5.74, 6) is 1.58. The van der Waals surface area contributed by atoms with Crippen molar-refractivity contribution in [2.45, 2.75) is 45.7 Å². The van der Waals surface area contributed by atoms with E-state index in [1.165, 1.54) is 0 Å². The zero-order valence-electron chi connectivity index (χ0n) is 14.1. The summed E-state index contributed by atoms with van der Waals surface area (Å²) in [6.07, 6.45) is 4.80. The van der Waals surface area contributed by atoms with Crippen LogP contribution in [0, 0.1) is 6.92 Å². The van der Waals surface area contributed by atoms with Crippen LogP contribution in [0.5, 0.6) is 0 Å². The topological polar surface area (TPSA) is 75.9 Å². The molecule has 0 saturated carbocycles. The maximum atomic E-state index is 9.31. The van der Waals surface area contributed by atoms with Crippen molar-refractivity contribution in [3.63, 3.8) is 0 Å². The first-order chi connectivity index (χ1) is 11.7. The van der Waals surface area contributed by atoms with Crippen molar-refractivity contribution in [3.05, 3.63) is 34.7 Å². The molecule has 0 saturated heterocycles. The number of hydrogen-bond donors (Lipinski definition) is 2. The van der Waals surface area contributed by atoms with E-state index in [2.05, 4.69) is 37.1 Å². The van der Waals surface area contributed by atoms with Gasteiger partial charge in [0.2, 0.25) is 0 Å². The Labute approximate surface area is 145 Å². The summed E-state index contributed by atoms with van der Waals surface area (Å²) in [5, 5.41) is 14.9. The fraction of sp³-hybridized carbons (Fsp3) is 0.471. The van der Waals surface area contributed by atoms with Crippen molar-refractivity contribution in [2.24, 2.45) is 0 Å². The lowest BCUT2D eigenvalue weighted by molar-refractivity contribution is 0.276. The van der Waals surface area contributed by atoms with E-state index in [1.54, 1.807) is 11.3 Å². The molecule has 0 bridgehead atoms. The summed E-state index contributed by atoms with van der Waals surface area (Å²) in [6, 6.07) is 2.22. The molecule has 7 heteroatoms. The van der Waals surface area contributed by atoms with Crippen molar-refractivity contribution in [2.75, 3.05) is 11.9 Å². The lowest BCUT2D eigenvalue weighted by Crippen LogP contribution is -2.22. The molecule has 0 fully saturated rings. The van der Waals surface area contributed by atoms with Gasteiger partial charge >= 0.3 is 0 Å². The number of fused-ring (bicyclic) bond motifs is 1. The molecule has 128 valence electrons. The molecule has 0 radical (unpaired) electrons. The molecular formula is C17H23N5OS. The number of aryl methyl sites for hydroxylation is 1. The fourth-order valence-corrected chi connectivity index (χ4v) is 3.48. The van der Waals surface area contributed by atoms with Crippen molar-refractivity contribution in [1.29, 1.82) is 0 Å². The Bertz CT molecular complexity index is 778. The number of aromatic nitrogens is 4. The van der Waals surface area contributed by atoms with E-state index in [-0.39, 0.29) is 12.6 Å². The van der Waals surface area contributed by atoms with Gasteiger partial charge < -0.3 is 15.0 Å². The number of nitrogens with one attached hydrogen (secondary N) is 1. The van der Waals surface area contributed by atoms with Crippen LogP contribution in [-0.2, 0) is 6.54 Å². The zero-order chi connectivity index (χ0) is 16.9. The maximum Gasteiger partial charge on any atom is 0.154 e. The van der Waals surface area contributed by atoms with Crippen LogP contribution in [0.15, 0.2) is 23.2 Å². The van der Waals surface area contributed by atoms with E-state index in [1.807, 2.05) is 24.7 Å². The van der Waals surface area contributed by atoms with Gasteiger partial charge in [0.05, 0.1) is 23.3 Å². The Kier molecular flexibility index (Phi) is 5.42. The Morgan fingerprint density at radius 1 is 1.33 bits per heavy atom. The van der Waals surface area contributed by atoms with Gasteiger partial charge in [0.25, 0.3) is 0 Å². The van der Waals surface area contributed by atoms with E-state index in [0.29, 0.717) is 13.0 Å². The molecule has 0 aliphatic heterocycles. The molecule has 0 amide bonds. The fourth-order valence-electron chi connectivity index (χ4n) is 2.93. The highest BCUT2D eigenvalue weighted by molar-refractivity contribution is 7.07. The van der Waals surface area contributed by atoms with Crippen LogP contribution in [-0.4, -0.2) is 37.3 Å². The minimum atomic E-state index is 0.171. The molecule has 1 unspecified atom stereocenters. The van der Waals surface area contributed by atoms with Crippen molar-refractivity contribution in [3.8, 4) is 0 Å². The largest absolute Gasteiger partial charge is 0.396 e. The first-order valence-electron chi connectivity index (χ1n) is 8.29. The molecule has 0 spiro atoms. The van der Waals surface area contributed by atoms with Gasteiger partial charge in [-0.2, -0.15) is 0 Å². The Morgan fingerprint density at radius 3 is 2.92 bits per heavy atom. The van der Waals surface area contributed by atoms with E-state index in [0.717, 1.165) is 41.2 Å². The second kappa shape index (κ2) is 7.72. The SMILES string of the molecule is CCCC(CCO)Nc1nc(C)nc2ccn(Cc3cscn3)c12. The molecule has 3 rings (SSSR count). The minimum Gasteiger partial charge on any atom is -0.396 e. The van der Waals surface area contributed by atoms with Crippen LogP contribution < -0.4 is 5.32 Å². The molecule has 3 aromatic rings. The predicted molar refractivity (Wildman–Crippen MR) is 97.5 cm³/mol. The second-order valence-corrected chi connectivity index (χ2v) is 6.64. The zero-order valence-corrected chi connectivity index (χ0v) is 14.9. The molecule has 3 heterocycles. The number of aliphatic hydroxyl groups excluding tert-OH is 1. The average molecular weight is 345 g/mol. The van der Waals surface area contributed by atoms with Crippen molar-refractivity contribution < 1.29 is 5.11 Å². The molecule has 0 aliphatic rings. The van der Waals surface area contributed by atoms with E-state index in [9.17, 15) is 5.11 Å². The van der Waals surface area contributed by atoms with Gasteiger partial charge in [0.15, 0.2) is 5.82 Å². The van der Waals surface area contributed by atoms with Gasteiger partial charge in [-0.1, -0.05) is 13.3 Å². The molecule has 24 heavy (non-hydrogen) atoms. The third kappa shape index (κ3) is 3.73. The van der Waals surface area contributed by atoms with Crippen LogP contribution in [0.2, 0.25) is 0 Å². The van der Waals surface area contributed by atoms with E-state index >= 15 is 0 Å². The van der Waals surface area contributed by atoms with Gasteiger partial charge in [-0.25, -0.2) is 15.0 Å². The monoisotopic (exact) mass is 345 g/mol. The van der Waals surface area contributed by atoms with Crippen LogP contribution in [0.25, 0.3) is 11.0 Å². The first kappa shape index (κ1) is 16.9. The summed E-state index contributed by atoms with van der Waals surface area (Å²) in [7, 11) is 0. The van der Waals surface area contributed by atoms with Crippen molar-refractivity contribution in [1.82, 2.24) is 19.5 Å². The van der Waals surface area contributed by atoms with Gasteiger partial charge in [-0.15, -0.1) is 11.3 Å². The Hall–Kier alpha value is -1.99. The first-order valence-corrected chi connectivity index (χ1v) is 9.23. The lowest BCUT2D eigenvalue weighted by Gasteiger charge is -2.19. The number of hydrogen-bond acceptors (Lipinski definition) is 6. The third-order valence-corrected chi connectivity index (χ3v) is 4.63. The number of nitrogens with zero attached hydrogens (tertiary/aromatic N) is 4. The summed E-state index contributed by atoms with van der Waals surface area (Å²) in [6.45, 7) is 4.93. The van der Waals surface area contributed by atoms with Crippen LogP contribution in [0.3, 0.4) is 0 Å². The number of rotatable bonds is 8. The van der Waals surface area contributed by atoms with Crippen LogP contribution >= 0.6 is 11.3 Å². The highest BCUT2D eigenvalue weighted by Gasteiger charge is 2.15. The Balaban J connectivity index is 1.97. The molecule has 1 atom stereocenters. The van der Waals surface area contributed by atoms with Gasteiger partial charge in [-0.3, -0.25) is 0 Å². The van der Waals surface area contributed by atoms with E-state index < -0.39 is 0 Å². The van der Waals surface area contributed by atoms with Crippen molar-refractivity contribution >= 4 is 28.2 Å². The standard InChI is InChI=1S/C17H23N5OS/c1-3-4-13(6-8-23)21-17-16-15(19-12(2)20-17)5-7-22(16)9-14-10-24-11-18-14/h5,7,10-11,13,23H,3-4,6,8-9H2,1-2H3,(H,19,20,21). The summed E-state index contributed by atoms with van der Waals surface area (Å²) in [4.78, 5) is 13.5. The summed E-state index contributed by atoms with van der Waals surface area (Å²) >= 11 is 1.60. The Morgan fingerprint density at radius 2 is 2.21 bits per heavy atom. The van der Waals surface area contributed by atoms with E-state index in [4.69, 9.17) is 0 Å². The lowest BCUT2D eigenvalue weighted by atomic mass is 10.1. The number of anilines is 1. The number of thiazole rings is 1.